The van der Waals surface area contributed by atoms with Gasteiger partial charge in [-0.3, -0.25) is 0 Å². The Morgan fingerprint density at radius 3 is 2.65 bits per heavy atom. The summed E-state index contributed by atoms with van der Waals surface area (Å²) < 4.78 is 11.3. The fourth-order valence-electron chi connectivity index (χ4n) is 3.33. The number of aliphatic hydroxyl groups is 2. The van der Waals surface area contributed by atoms with Crippen LogP contribution >= 0.6 is 0 Å². The Kier molecular flexibility index (Phi) is 4.08. The van der Waals surface area contributed by atoms with E-state index in [1.54, 1.807) is 0 Å². The molecule has 0 saturated carbocycles. The standard InChI is InChI=1S/C16H22O4/c17-14(12-4-2-1-3-5-12)15(18)13-6-8-20-16(10-13)7-9-19-11-16/h1-5,13-15,17-18H,6-11H2. The quantitative estimate of drug-likeness (QED) is 0.883. The smallest absolute Gasteiger partial charge is 0.105 e. The second kappa shape index (κ2) is 5.82. The molecule has 2 heterocycles. The monoisotopic (exact) mass is 278 g/mol. The molecule has 4 heteroatoms. The molecule has 20 heavy (non-hydrogen) atoms. The topological polar surface area (TPSA) is 58.9 Å². The van der Waals surface area contributed by atoms with Crippen molar-refractivity contribution >= 4 is 0 Å². The normalized spacial score (nSPS) is 33.2. The summed E-state index contributed by atoms with van der Waals surface area (Å²) in [5.41, 5.74) is 0.531. The number of aliphatic hydroxyl groups excluding tert-OH is 2. The van der Waals surface area contributed by atoms with E-state index in [1.165, 1.54) is 0 Å². The fourth-order valence-corrected chi connectivity index (χ4v) is 3.33. The van der Waals surface area contributed by atoms with Gasteiger partial charge in [-0.2, -0.15) is 0 Å². The van der Waals surface area contributed by atoms with Crippen LogP contribution in [0.25, 0.3) is 0 Å². The summed E-state index contributed by atoms with van der Waals surface area (Å²) in [6.45, 7) is 1.97. The lowest BCUT2D eigenvalue weighted by molar-refractivity contribution is -0.132. The molecular weight excluding hydrogens is 256 g/mol. The maximum absolute atomic E-state index is 10.5. The maximum Gasteiger partial charge on any atom is 0.105 e. The second-order valence-electron chi connectivity index (χ2n) is 5.93. The summed E-state index contributed by atoms with van der Waals surface area (Å²) in [7, 11) is 0. The van der Waals surface area contributed by atoms with Crippen molar-refractivity contribution in [2.45, 2.75) is 37.1 Å². The van der Waals surface area contributed by atoms with Crippen LogP contribution in [0.4, 0.5) is 0 Å². The predicted octanol–water partition coefficient (Wildman–Crippen LogP) is 1.67. The molecule has 0 aromatic heterocycles. The van der Waals surface area contributed by atoms with Crippen LogP contribution in [-0.2, 0) is 9.47 Å². The largest absolute Gasteiger partial charge is 0.390 e. The van der Waals surface area contributed by atoms with Gasteiger partial charge in [0, 0.05) is 19.6 Å². The van der Waals surface area contributed by atoms with Gasteiger partial charge in [0.1, 0.15) is 6.10 Å². The van der Waals surface area contributed by atoms with Crippen LogP contribution in [0.5, 0.6) is 0 Å². The molecule has 1 aromatic carbocycles. The van der Waals surface area contributed by atoms with Gasteiger partial charge >= 0.3 is 0 Å². The van der Waals surface area contributed by atoms with Crippen LogP contribution < -0.4 is 0 Å². The molecular formula is C16H22O4. The van der Waals surface area contributed by atoms with Crippen molar-refractivity contribution < 1.29 is 19.7 Å². The zero-order valence-corrected chi connectivity index (χ0v) is 11.6. The number of rotatable bonds is 3. The Balaban J connectivity index is 1.68. The van der Waals surface area contributed by atoms with Crippen LogP contribution in [0, 0.1) is 5.92 Å². The van der Waals surface area contributed by atoms with E-state index < -0.39 is 12.2 Å². The van der Waals surface area contributed by atoms with E-state index in [-0.39, 0.29) is 11.5 Å². The number of benzene rings is 1. The van der Waals surface area contributed by atoms with Crippen molar-refractivity contribution in [3.63, 3.8) is 0 Å². The van der Waals surface area contributed by atoms with Crippen LogP contribution in [0.15, 0.2) is 30.3 Å². The lowest BCUT2D eigenvalue weighted by Gasteiger charge is -2.40. The highest BCUT2D eigenvalue weighted by Gasteiger charge is 2.44. The van der Waals surface area contributed by atoms with E-state index in [0.29, 0.717) is 13.2 Å². The zero-order chi connectivity index (χ0) is 14.0. The first-order valence-corrected chi connectivity index (χ1v) is 7.33. The minimum Gasteiger partial charge on any atom is -0.390 e. The molecule has 1 spiro atoms. The van der Waals surface area contributed by atoms with Gasteiger partial charge in [0.05, 0.1) is 18.3 Å². The molecule has 4 atom stereocenters. The molecule has 2 aliphatic heterocycles. The van der Waals surface area contributed by atoms with Gasteiger partial charge < -0.3 is 19.7 Å². The van der Waals surface area contributed by atoms with E-state index in [4.69, 9.17) is 9.47 Å². The Labute approximate surface area is 119 Å². The molecule has 2 fully saturated rings. The highest BCUT2D eigenvalue weighted by molar-refractivity contribution is 5.18. The summed E-state index contributed by atoms with van der Waals surface area (Å²) in [5.74, 6) is 0.0562. The predicted molar refractivity (Wildman–Crippen MR) is 74.3 cm³/mol. The zero-order valence-electron chi connectivity index (χ0n) is 11.6. The number of hydrogen-bond donors (Lipinski definition) is 2. The van der Waals surface area contributed by atoms with Crippen LogP contribution in [0.2, 0.25) is 0 Å². The molecule has 4 nitrogen and oxygen atoms in total. The SMILES string of the molecule is OC(c1ccccc1)C(O)C1CCOC2(CCOC2)C1. The lowest BCUT2D eigenvalue weighted by atomic mass is 9.80. The van der Waals surface area contributed by atoms with Gasteiger partial charge in [0.15, 0.2) is 0 Å². The molecule has 0 bridgehead atoms. The van der Waals surface area contributed by atoms with Gasteiger partial charge in [-0.15, -0.1) is 0 Å². The summed E-state index contributed by atoms with van der Waals surface area (Å²) in [5, 5.41) is 20.8. The number of hydrogen-bond acceptors (Lipinski definition) is 4. The average molecular weight is 278 g/mol. The van der Waals surface area contributed by atoms with Crippen molar-refractivity contribution in [1.29, 1.82) is 0 Å². The third-order valence-electron chi connectivity index (χ3n) is 4.55. The molecule has 2 N–H and O–H groups in total. The first-order chi connectivity index (χ1) is 9.70. The molecule has 0 aliphatic carbocycles. The second-order valence-corrected chi connectivity index (χ2v) is 5.93. The Bertz CT molecular complexity index is 427. The fraction of sp³-hybridized carbons (Fsp3) is 0.625. The van der Waals surface area contributed by atoms with Gasteiger partial charge in [0.2, 0.25) is 0 Å². The highest BCUT2D eigenvalue weighted by atomic mass is 16.6. The van der Waals surface area contributed by atoms with Gasteiger partial charge in [-0.1, -0.05) is 30.3 Å². The molecule has 2 aliphatic rings. The summed E-state index contributed by atoms with van der Waals surface area (Å²) in [6, 6.07) is 9.36. The van der Waals surface area contributed by atoms with Gasteiger partial charge in [-0.05, 0) is 24.3 Å². The first-order valence-electron chi connectivity index (χ1n) is 7.33. The minimum atomic E-state index is -0.835. The van der Waals surface area contributed by atoms with E-state index >= 15 is 0 Å². The maximum atomic E-state index is 10.5. The van der Waals surface area contributed by atoms with Crippen molar-refractivity contribution in [3.8, 4) is 0 Å². The Morgan fingerprint density at radius 1 is 1.15 bits per heavy atom. The molecule has 1 aromatic rings. The van der Waals surface area contributed by atoms with E-state index in [1.807, 2.05) is 30.3 Å². The summed E-state index contributed by atoms with van der Waals surface area (Å²) in [6.07, 6.45) is 0.847. The number of ether oxygens (including phenoxy) is 2. The van der Waals surface area contributed by atoms with E-state index in [2.05, 4.69) is 0 Å². The van der Waals surface area contributed by atoms with Gasteiger partial charge in [0.25, 0.3) is 0 Å². The Hall–Kier alpha value is -0.940. The highest BCUT2D eigenvalue weighted by Crippen LogP contribution is 2.39. The van der Waals surface area contributed by atoms with Crippen LogP contribution in [0.1, 0.15) is 30.9 Å². The molecule has 0 amide bonds. The van der Waals surface area contributed by atoms with Crippen molar-refractivity contribution in [3.05, 3.63) is 35.9 Å². The Morgan fingerprint density at radius 2 is 1.95 bits per heavy atom. The van der Waals surface area contributed by atoms with Crippen molar-refractivity contribution in [2.24, 2.45) is 5.92 Å². The average Bonchev–Trinajstić information content (AvgIpc) is 2.94. The third kappa shape index (κ3) is 2.74. The summed E-state index contributed by atoms with van der Waals surface area (Å²) >= 11 is 0. The van der Waals surface area contributed by atoms with Crippen molar-refractivity contribution in [1.82, 2.24) is 0 Å². The molecule has 2 saturated heterocycles. The molecule has 0 radical (unpaired) electrons. The van der Waals surface area contributed by atoms with E-state index in [9.17, 15) is 10.2 Å². The minimum absolute atomic E-state index is 0.0562. The molecule has 3 rings (SSSR count). The van der Waals surface area contributed by atoms with Crippen molar-refractivity contribution in [2.75, 3.05) is 19.8 Å². The van der Waals surface area contributed by atoms with Gasteiger partial charge in [-0.25, -0.2) is 0 Å². The first kappa shape index (κ1) is 14.0. The molecule has 4 unspecified atom stereocenters. The van der Waals surface area contributed by atoms with Crippen LogP contribution in [0.3, 0.4) is 0 Å². The lowest BCUT2D eigenvalue weighted by Crippen LogP contribution is -2.44. The summed E-state index contributed by atoms with van der Waals surface area (Å²) in [4.78, 5) is 0. The third-order valence-corrected chi connectivity index (χ3v) is 4.55. The van der Waals surface area contributed by atoms with E-state index in [0.717, 1.165) is 31.4 Å². The van der Waals surface area contributed by atoms with Crippen LogP contribution in [-0.4, -0.2) is 41.7 Å². The molecule has 110 valence electrons.